The van der Waals surface area contributed by atoms with E-state index in [4.69, 9.17) is 0 Å². The summed E-state index contributed by atoms with van der Waals surface area (Å²) in [6.07, 6.45) is 2.42. The van der Waals surface area contributed by atoms with Crippen LogP contribution in [0.3, 0.4) is 0 Å². The van der Waals surface area contributed by atoms with Crippen molar-refractivity contribution in [2.75, 3.05) is 6.54 Å². The van der Waals surface area contributed by atoms with Crippen LogP contribution in [0.5, 0.6) is 0 Å². The van der Waals surface area contributed by atoms with Crippen LogP contribution in [0.4, 0.5) is 0 Å². The molecule has 1 aromatic rings. The third-order valence-corrected chi connectivity index (χ3v) is 5.68. The Morgan fingerprint density at radius 1 is 1.30 bits per heavy atom. The predicted molar refractivity (Wildman–Crippen MR) is 78.9 cm³/mol. The van der Waals surface area contributed by atoms with E-state index in [0.29, 0.717) is 29.5 Å². The minimum Gasteiger partial charge on any atom is -0.392 e. The third kappa shape index (κ3) is 3.40. The lowest BCUT2D eigenvalue weighted by Crippen LogP contribution is -2.29. The first-order chi connectivity index (χ1) is 9.35. The van der Waals surface area contributed by atoms with Gasteiger partial charge in [0.1, 0.15) is 0 Å². The summed E-state index contributed by atoms with van der Waals surface area (Å²) in [5, 5.41) is 9.28. The van der Waals surface area contributed by atoms with Gasteiger partial charge in [-0.1, -0.05) is 13.0 Å². The van der Waals surface area contributed by atoms with Gasteiger partial charge in [0.2, 0.25) is 10.0 Å². The Labute approximate surface area is 121 Å². The molecule has 2 N–H and O–H groups in total. The first kappa shape index (κ1) is 15.5. The first-order valence-corrected chi connectivity index (χ1v) is 8.54. The van der Waals surface area contributed by atoms with E-state index in [1.165, 1.54) is 12.8 Å². The molecule has 0 radical (unpaired) electrons. The molecule has 1 aliphatic carbocycles. The molecule has 0 heterocycles. The summed E-state index contributed by atoms with van der Waals surface area (Å²) in [6.45, 7) is 6.08. The van der Waals surface area contributed by atoms with Gasteiger partial charge in [-0.05, 0) is 61.3 Å². The second-order valence-corrected chi connectivity index (χ2v) is 7.60. The lowest BCUT2D eigenvalue weighted by molar-refractivity contribution is 0.280. The standard InChI is InChI=1S/C15H23NO3S/c1-10-6-11(2)15(7-14(10)9-17)20(18,19)16-8-12(3)13-4-5-13/h6-7,12-13,16-17H,4-5,8-9H2,1-3H3. The smallest absolute Gasteiger partial charge is 0.240 e. The molecule has 1 aliphatic rings. The number of hydrogen-bond donors (Lipinski definition) is 2. The summed E-state index contributed by atoms with van der Waals surface area (Å²) in [7, 11) is -3.50. The van der Waals surface area contributed by atoms with Crippen LogP contribution in [0.15, 0.2) is 17.0 Å². The highest BCUT2D eigenvalue weighted by Crippen LogP contribution is 2.36. The summed E-state index contributed by atoms with van der Waals surface area (Å²) in [5.41, 5.74) is 2.28. The van der Waals surface area contributed by atoms with Crippen molar-refractivity contribution < 1.29 is 13.5 Å². The van der Waals surface area contributed by atoms with Gasteiger partial charge in [0, 0.05) is 6.54 Å². The summed E-state index contributed by atoms with van der Waals surface area (Å²) in [6, 6.07) is 3.39. The molecule has 1 aromatic carbocycles. The average molecular weight is 297 g/mol. The van der Waals surface area contributed by atoms with Crippen LogP contribution >= 0.6 is 0 Å². The minimum absolute atomic E-state index is 0.146. The molecule has 1 saturated carbocycles. The van der Waals surface area contributed by atoms with E-state index in [1.54, 1.807) is 13.0 Å². The van der Waals surface area contributed by atoms with E-state index < -0.39 is 10.0 Å². The Morgan fingerprint density at radius 2 is 1.95 bits per heavy atom. The summed E-state index contributed by atoms with van der Waals surface area (Å²) >= 11 is 0. The highest BCUT2D eigenvalue weighted by molar-refractivity contribution is 7.89. The zero-order chi connectivity index (χ0) is 14.9. The zero-order valence-electron chi connectivity index (χ0n) is 12.3. The Kier molecular flexibility index (Phi) is 4.52. The van der Waals surface area contributed by atoms with Crippen LogP contribution in [-0.2, 0) is 16.6 Å². The number of sulfonamides is 1. The molecule has 20 heavy (non-hydrogen) atoms. The van der Waals surface area contributed by atoms with Crippen LogP contribution in [0.1, 0.15) is 36.5 Å². The molecule has 0 bridgehead atoms. The molecule has 112 valence electrons. The number of rotatable bonds is 6. The van der Waals surface area contributed by atoms with E-state index in [1.807, 2.05) is 13.0 Å². The lowest BCUT2D eigenvalue weighted by atomic mass is 10.1. The molecule has 0 amide bonds. The van der Waals surface area contributed by atoms with Gasteiger partial charge < -0.3 is 5.11 Å². The fourth-order valence-electron chi connectivity index (χ4n) is 2.49. The van der Waals surface area contributed by atoms with Crippen molar-refractivity contribution >= 4 is 10.0 Å². The van der Waals surface area contributed by atoms with E-state index in [0.717, 1.165) is 5.56 Å². The van der Waals surface area contributed by atoms with Crippen LogP contribution in [-0.4, -0.2) is 20.1 Å². The van der Waals surface area contributed by atoms with Crippen molar-refractivity contribution in [2.45, 2.75) is 45.1 Å². The highest BCUT2D eigenvalue weighted by Gasteiger charge is 2.29. The van der Waals surface area contributed by atoms with Gasteiger partial charge >= 0.3 is 0 Å². The number of hydrogen-bond acceptors (Lipinski definition) is 3. The number of aliphatic hydroxyl groups excluding tert-OH is 1. The van der Waals surface area contributed by atoms with Crippen molar-refractivity contribution in [3.63, 3.8) is 0 Å². The van der Waals surface area contributed by atoms with Gasteiger partial charge in [0.05, 0.1) is 11.5 Å². The van der Waals surface area contributed by atoms with Gasteiger partial charge in [-0.25, -0.2) is 13.1 Å². The van der Waals surface area contributed by atoms with Gasteiger partial charge in [0.15, 0.2) is 0 Å². The Bertz CT molecular complexity index is 591. The SMILES string of the molecule is Cc1cc(C)c(S(=O)(=O)NCC(C)C2CC2)cc1CO. The van der Waals surface area contributed by atoms with Crippen LogP contribution in [0.25, 0.3) is 0 Å². The molecular formula is C15H23NO3S. The third-order valence-electron chi connectivity index (χ3n) is 4.12. The zero-order valence-corrected chi connectivity index (χ0v) is 13.1. The fourth-order valence-corrected chi connectivity index (χ4v) is 3.90. The molecule has 2 rings (SSSR count). The van der Waals surface area contributed by atoms with Gasteiger partial charge in [0.25, 0.3) is 0 Å². The van der Waals surface area contributed by atoms with Gasteiger partial charge in [-0.3, -0.25) is 0 Å². The minimum atomic E-state index is -3.50. The Balaban J connectivity index is 2.19. The van der Waals surface area contributed by atoms with Crippen molar-refractivity contribution in [1.29, 1.82) is 0 Å². The van der Waals surface area contributed by atoms with E-state index in [2.05, 4.69) is 11.6 Å². The molecule has 5 heteroatoms. The Hall–Kier alpha value is -0.910. The number of benzene rings is 1. The largest absolute Gasteiger partial charge is 0.392 e. The maximum atomic E-state index is 12.4. The molecular weight excluding hydrogens is 274 g/mol. The first-order valence-electron chi connectivity index (χ1n) is 7.06. The van der Waals surface area contributed by atoms with Crippen molar-refractivity contribution in [3.05, 3.63) is 28.8 Å². The van der Waals surface area contributed by atoms with Crippen LogP contribution in [0.2, 0.25) is 0 Å². The molecule has 0 spiro atoms. The molecule has 4 nitrogen and oxygen atoms in total. The molecule has 1 atom stereocenters. The van der Waals surface area contributed by atoms with Gasteiger partial charge in [-0.15, -0.1) is 0 Å². The van der Waals surface area contributed by atoms with Crippen molar-refractivity contribution in [1.82, 2.24) is 4.72 Å². The summed E-state index contributed by atoms with van der Waals surface area (Å²) in [4.78, 5) is 0.273. The average Bonchev–Trinajstić information content (AvgIpc) is 3.20. The van der Waals surface area contributed by atoms with E-state index >= 15 is 0 Å². The molecule has 0 aliphatic heterocycles. The lowest BCUT2D eigenvalue weighted by Gasteiger charge is -2.15. The van der Waals surface area contributed by atoms with E-state index in [9.17, 15) is 13.5 Å². The quantitative estimate of drug-likeness (QED) is 0.845. The van der Waals surface area contributed by atoms with Crippen molar-refractivity contribution in [2.24, 2.45) is 11.8 Å². The highest BCUT2D eigenvalue weighted by atomic mass is 32.2. The van der Waals surface area contributed by atoms with Crippen LogP contribution < -0.4 is 4.72 Å². The normalized spacial score (nSPS) is 17.2. The molecule has 1 unspecified atom stereocenters. The monoisotopic (exact) mass is 297 g/mol. The maximum Gasteiger partial charge on any atom is 0.240 e. The molecule has 0 aromatic heterocycles. The summed E-state index contributed by atoms with van der Waals surface area (Å²) in [5.74, 6) is 1.05. The van der Waals surface area contributed by atoms with Crippen LogP contribution in [0, 0.1) is 25.7 Å². The van der Waals surface area contributed by atoms with Crippen molar-refractivity contribution in [3.8, 4) is 0 Å². The Morgan fingerprint density at radius 3 is 2.50 bits per heavy atom. The van der Waals surface area contributed by atoms with Gasteiger partial charge in [-0.2, -0.15) is 0 Å². The maximum absolute atomic E-state index is 12.4. The molecule has 1 fully saturated rings. The second kappa shape index (κ2) is 5.84. The second-order valence-electron chi connectivity index (χ2n) is 5.87. The number of nitrogens with one attached hydrogen (secondary N) is 1. The fraction of sp³-hybridized carbons (Fsp3) is 0.600. The number of aryl methyl sites for hydroxylation is 2. The predicted octanol–water partition coefficient (Wildman–Crippen LogP) is 2.12. The summed E-state index contributed by atoms with van der Waals surface area (Å²) < 4.78 is 27.5. The van der Waals surface area contributed by atoms with E-state index in [-0.39, 0.29) is 11.5 Å². The number of aliphatic hydroxyl groups is 1. The molecule has 0 saturated heterocycles. The topological polar surface area (TPSA) is 66.4 Å².